The van der Waals surface area contributed by atoms with Crippen LogP contribution in [0.1, 0.15) is 31.3 Å². The Kier molecular flexibility index (Phi) is 4.62. The monoisotopic (exact) mass is 383 g/mol. The van der Waals surface area contributed by atoms with Gasteiger partial charge in [0.25, 0.3) is 5.56 Å². The van der Waals surface area contributed by atoms with Crippen molar-refractivity contribution in [1.82, 2.24) is 24.3 Å². The van der Waals surface area contributed by atoms with E-state index in [2.05, 4.69) is 15.1 Å². The first kappa shape index (κ1) is 18.8. The van der Waals surface area contributed by atoms with E-state index in [0.29, 0.717) is 24.2 Å². The van der Waals surface area contributed by atoms with Gasteiger partial charge in [-0.15, -0.1) is 0 Å². The highest BCUT2D eigenvalue weighted by Gasteiger charge is 2.33. The number of alkyl halides is 3. The number of aryl methyl sites for hydroxylation is 1. The minimum Gasteiger partial charge on any atom is -0.337 e. The molecule has 0 radical (unpaired) electrons. The van der Waals surface area contributed by atoms with Gasteiger partial charge in [0.2, 0.25) is 5.89 Å². The molecule has 27 heavy (non-hydrogen) atoms. The lowest BCUT2D eigenvalue weighted by molar-refractivity contribution is -0.141. The van der Waals surface area contributed by atoms with Gasteiger partial charge in [-0.05, 0) is 18.1 Å². The van der Waals surface area contributed by atoms with Crippen molar-refractivity contribution in [3.05, 3.63) is 50.4 Å². The van der Waals surface area contributed by atoms with Gasteiger partial charge in [0.05, 0.1) is 5.39 Å². The molecule has 3 heterocycles. The lowest BCUT2D eigenvalue weighted by atomic mass is 10.1. The Hall–Kier alpha value is -2.98. The fourth-order valence-electron chi connectivity index (χ4n) is 2.61. The fourth-order valence-corrected chi connectivity index (χ4v) is 2.61. The zero-order chi connectivity index (χ0) is 19.9. The first-order valence-corrected chi connectivity index (χ1v) is 8.07. The van der Waals surface area contributed by atoms with Crippen LogP contribution < -0.4 is 11.2 Å². The van der Waals surface area contributed by atoms with Gasteiger partial charge in [-0.25, -0.2) is 9.78 Å². The smallest absolute Gasteiger partial charge is 0.337 e. The topological polar surface area (TPSA) is 95.8 Å². The second-order valence-corrected chi connectivity index (χ2v) is 6.50. The molecule has 11 heteroatoms. The van der Waals surface area contributed by atoms with Crippen LogP contribution in [0.15, 0.2) is 26.2 Å². The summed E-state index contributed by atoms with van der Waals surface area (Å²) in [5, 5.41) is 3.67. The van der Waals surface area contributed by atoms with Crippen molar-refractivity contribution in [3.63, 3.8) is 0 Å². The molecule has 0 spiro atoms. The van der Waals surface area contributed by atoms with Crippen LogP contribution in [0.3, 0.4) is 0 Å². The molecule has 0 aromatic carbocycles. The van der Waals surface area contributed by atoms with Crippen LogP contribution in [0.2, 0.25) is 0 Å². The second kappa shape index (κ2) is 6.63. The Morgan fingerprint density at radius 2 is 1.89 bits per heavy atom. The predicted molar refractivity (Wildman–Crippen MR) is 88.2 cm³/mol. The first-order chi connectivity index (χ1) is 12.6. The van der Waals surface area contributed by atoms with Crippen LogP contribution in [0.25, 0.3) is 11.0 Å². The summed E-state index contributed by atoms with van der Waals surface area (Å²) in [6.45, 7) is 3.66. The molecule has 3 aromatic heterocycles. The van der Waals surface area contributed by atoms with Crippen LogP contribution in [-0.2, 0) is 26.2 Å². The van der Waals surface area contributed by atoms with Crippen LogP contribution in [-0.4, -0.2) is 24.3 Å². The maximum atomic E-state index is 12.8. The first-order valence-electron chi connectivity index (χ1n) is 8.07. The van der Waals surface area contributed by atoms with Crippen LogP contribution >= 0.6 is 0 Å². The lowest BCUT2D eigenvalue weighted by Gasteiger charge is -2.11. The van der Waals surface area contributed by atoms with E-state index in [1.807, 2.05) is 13.8 Å². The van der Waals surface area contributed by atoms with Gasteiger partial charge in [-0.1, -0.05) is 19.0 Å². The van der Waals surface area contributed by atoms with Crippen molar-refractivity contribution in [2.45, 2.75) is 33.0 Å². The van der Waals surface area contributed by atoms with E-state index in [-0.39, 0.29) is 23.5 Å². The Bertz CT molecular complexity index is 1110. The minimum absolute atomic E-state index is 0.0593. The summed E-state index contributed by atoms with van der Waals surface area (Å²) >= 11 is 0. The van der Waals surface area contributed by atoms with E-state index >= 15 is 0 Å². The number of rotatable bonds is 4. The third-order valence-electron chi connectivity index (χ3n) is 3.87. The lowest BCUT2D eigenvalue weighted by Crippen LogP contribution is -2.40. The number of halogens is 3. The maximum absolute atomic E-state index is 12.8. The van der Waals surface area contributed by atoms with Gasteiger partial charge < -0.3 is 4.52 Å². The van der Waals surface area contributed by atoms with Crippen molar-refractivity contribution in [1.29, 1.82) is 0 Å². The Morgan fingerprint density at radius 1 is 1.19 bits per heavy atom. The van der Waals surface area contributed by atoms with Crippen molar-refractivity contribution >= 4 is 11.0 Å². The molecule has 0 bridgehead atoms. The molecule has 0 fully saturated rings. The van der Waals surface area contributed by atoms with Gasteiger partial charge in [0.15, 0.2) is 5.82 Å². The summed E-state index contributed by atoms with van der Waals surface area (Å²) in [6.07, 6.45) is -4.12. The second-order valence-electron chi connectivity index (χ2n) is 6.50. The van der Waals surface area contributed by atoms with E-state index < -0.39 is 23.1 Å². The number of hydrogen-bond donors (Lipinski definition) is 0. The molecular formula is C16H16F3N5O3. The van der Waals surface area contributed by atoms with E-state index in [4.69, 9.17) is 4.52 Å². The Balaban J connectivity index is 2.08. The van der Waals surface area contributed by atoms with Crippen LogP contribution in [0, 0.1) is 5.92 Å². The molecule has 0 N–H and O–H groups in total. The fraction of sp³-hybridized carbons (Fsp3) is 0.438. The van der Waals surface area contributed by atoms with E-state index in [0.717, 1.165) is 15.2 Å². The molecule has 0 atom stereocenters. The molecule has 0 saturated carbocycles. The van der Waals surface area contributed by atoms with Gasteiger partial charge >= 0.3 is 11.9 Å². The maximum Gasteiger partial charge on any atom is 0.433 e. The molecule has 8 nitrogen and oxygen atoms in total. The van der Waals surface area contributed by atoms with Gasteiger partial charge in [-0.2, -0.15) is 18.2 Å². The summed E-state index contributed by atoms with van der Waals surface area (Å²) in [6, 6.07) is 1.70. The molecular weight excluding hydrogens is 367 g/mol. The minimum atomic E-state index is -4.68. The van der Waals surface area contributed by atoms with Crippen molar-refractivity contribution in [3.8, 4) is 0 Å². The summed E-state index contributed by atoms with van der Waals surface area (Å²) in [5.74, 6) is 0.798. The standard InChI is InChI=1S/C16H16F3N5O3/c1-8(2)6-11-21-12(27-22-11)7-24-14(25)9-4-5-10(16(17,18)19)20-13(9)23(3)15(24)26/h4-5,8H,6-7H2,1-3H3. The highest BCUT2D eigenvalue weighted by Crippen LogP contribution is 2.28. The van der Waals surface area contributed by atoms with Gasteiger partial charge in [0.1, 0.15) is 17.9 Å². The Labute approximate surface area is 150 Å². The predicted octanol–water partition coefficient (Wildman–Crippen LogP) is 1.74. The molecule has 0 unspecified atom stereocenters. The molecule has 3 rings (SSSR count). The summed E-state index contributed by atoms with van der Waals surface area (Å²) < 4.78 is 45.3. The van der Waals surface area contributed by atoms with Gasteiger partial charge in [0, 0.05) is 13.5 Å². The SMILES string of the molecule is CC(C)Cc1noc(Cn2c(=O)c3ccc(C(F)(F)F)nc3n(C)c2=O)n1. The average molecular weight is 383 g/mol. The third-order valence-corrected chi connectivity index (χ3v) is 3.87. The summed E-state index contributed by atoms with van der Waals surface area (Å²) in [7, 11) is 1.24. The highest BCUT2D eigenvalue weighted by molar-refractivity contribution is 5.74. The molecule has 144 valence electrons. The number of fused-ring (bicyclic) bond motifs is 1. The molecule has 0 aliphatic heterocycles. The van der Waals surface area contributed by atoms with Crippen molar-refractivity contribution in [2.24, 2.45) is 13.0 Å². The van der Waals surface area contributed by atoms with Crippen LogP contribution in [0.4, 0.5) is 13.2 Å². The largest absolute Gasteiger partial charge is 0.433 e. The van der Waals surface area contributed by atoms with Crippen molar-refractivity contribution < 1.29 is 17.7 Å². The third kappa shape index (κ3) is 3.62. The average Bonchev–Trinajstić information content (AvgIpc) is 3.01. The zero-order valence-electron chi connectivity index (χ0n) is 14.7. The van der Waals surface area contributed by atoms with E-state index in [9.17, 15) is 22.8 Å². The molecule has 0 saturated heterocycles. The Morgan fingerprint density at radius 3 is 2.52 bits per heavy atom. The zero-order valence-corrected chi connectivity index (χ0v) is 14.7. The quantitative estimate of drug-likeness (QED) is 0.681. The summed E-state index contributed by atoms with van der Waals surface area (Å²) in [5.41, 5.74) is -3.14. The highest BCUT2D eigenvalue weighted by atomic mass is 19.4. The molecule has 0 aliphatic carbocycles. The number of pyridine rings is 1. The molecule has 0 amide bonds. The number of nitrogens with zero attached hydrogens (tertiary/aromatic N) is 5. The van der Waals surface area contributed by atoms with Crippen molar-refractivity contribution in [2.75, 3.05) is 0 Å². The van der Waals surface area contributed by atoms with E-state index in [1.165, 1.54) is 7.05 Å². The van der Waals surface area contributed by atoms with Gasteiger partial charge in [-0.3, -0.25) is 13.9 Å². The van der Waals surface area contributed by atoms with E-state index in [1.54, 1.807) is 0 Å². The summed E-state index contributed by atoms with van der Waals surface area (Å²) in [4.78, 5) is 32.6. The van der Waals surface area contributed by atoms with Crippen LogP contribution in [0.5, 0.6) is 0 Å². The number of hydrogen-bond acceptors (Lipinski definition) is 6. The molecule has 0 aliphatic rings. The molecule has 3 aromatic rings. The number of aromatic nitrogens is 5. The normalized spacial score (nSPS) is 12.3.